The first-order chi connectivity index (χ1) is 13.3. The van der Waals surface area contributed by atoms with E-state index >= 15 is 0 Å². The van der Waals surface area contributed by atoms with Crippen molar-refractivity contribution in [1.82, 2.24) is 0 Å². The normalized spacial score (nSPS) is 11.9. The fourth-order valence-electron chi connectivity index (χ4n) is 2.44. The third kappa shape index (κ3) is 5.21. The molecule has 0 heterocycles. The van der Waals surface area contributed by atoms with Gasteiger partial charge in [0.1, 0.15) is 11.4 Å². The summed E-state index contributed by atoms with van der Waals surface area (Å²) in [5, 5.41) is 11.2. The van der Waals surface area contributed by atoms with E-state index in [0.717, 1.165) is 5.56 Å². The molecule has 0 aliphatic rings. The van der Waals surface area contributed by atoms with Crippen molar-refractivity contribution in [2.45, 2.75) is 19.9 Å². The van der Waals surface area contributed by atoms with Gasteiger partial charge in [0.05, 0.1) is 24.9 Å². The van der Waals surface area contributed by atoms with Gasteiger partial charge in [0, 0.05) is 5.02 Å². The molecule has 0 saturated carbocycles. The Bertz CT molecular complexity index is 911. The van der Waals surface area contributed by atoms with Crippen LogP contribution in [-0.2, 0) is 9.59 Å². The minimum atomic E-state index is -1.37. The van der Waals surface area contributed by atoms with Crippen LogP contribution in [0.3, 0.4) is 0 Å². The Morgan fingerprint density at radius 1 is 1.11 bits per heavy atom. The monoisotopic (exact) mass is 423 g/mol. The van der Waals surface area contributed by atoms with E-state index in [9.17, 15) is 9.59 Å². The topological polar surface area (TPSA) is 89.3 Å². The molecule has 9 heteroatoms. The Balaban J connectivity index is 2.33. The first-order valence-electron chi connectivity index (χ1n) is 8.16. The lowest BCUT2D eigenvalue weighted by Gasteiger charge is -2.16. The number of benzene rings is 2. The summed E-state index contributed by atoms with van der Waals surface area (Å²) in [6.45, 7) is 3.09. The molecule has 1 amide bonds. The molecular formula is C19H19Cl2N3O4. The highest BCUT2D eigenvalue weighted by Crippen LogP contribution is 2.40. The molecule has 0 aliphatic carbocycles. The zero-order valence-electron chi connectivity index (χ0n) is 15.7. The molecule has 2 aromatic carbocycles. The van der Waals surface area contributed by atoms with E-state index in [2.05, 4.69) is 15.5 Å². The second-order valence-electron chi connectivity index (χ2n) is 5.86. The third-order valence-electron chi connectivity index (χ3n) is 3.69. The van der Waals surface area contributed by atoms with Crippen LogP contribution in [0, 0.1) is 6.92 Å². The zero-order chi connectivity index (χ0) is 20.8. The first-order valence-corrected chi connectivity index (χ1v) is 8.92. The van der Waals surface area contributed by atoms with Gasteiger partial charge in [-0.15, -0.1) is 0 Å². The van der Waals surface area contributed by atoms with E-state index in [0.29, 0.717) is 16.5 Å². The van der Waals surface area contributed by atoms with Crippen LogP contribution in [0.5, 0.6) is 11.5 Å². The summed E-state index contributed by atoms with van der Waals surface area (Å²) >= 11 is 12.1. The number of anilines is 1. The zero-order valence-corrected chi connectivity index (χ0v) is 17.3. The molecule has 0 aliphatic heterocycles. The Kier molecular flexibility index (Phi) is 7.37. The minimum absolute atomic E-state index is 0.197. The van der Waals surface area contributed by atoms with Crippen LogP contribution in [0.2, 0.25) is 10.0 Å². The van der Waals surface area contributed by atoms with Crippen LogP contribution in [0.25, 0.3) is 0 Å². The first kappa shape index (κ1) is 21.7. The van der Waals surface area contributed by atoms with Gasteiger partial charge in [-0.25, -0.2) is 0 Å². The fraction of sp³-hybridized carbons (Fsp3) is 0.263. The number of hydrogen-bond donors (Lipinski definition) is 1. The number of nitrogens with zero attached hydrogens (tertiary/aromatic N) is 2. The molecule has 2 rings (SSSR count). The van der Waals surface area contributed by atoms with Gasteiger partial charge in [-0.2, -0.15) is 10.2 Å². The minimum Gasteiger partial charge on any atom is -0.494 e. The second-order valence-corrected chi connectivity index (χ2v) is 6.71. The van der Waals surface area contributed by atoms with Gasteiger partial charge in [-0.3, -0.25) is 9.59 Å². The van der Waals surface area contributed by atoms with E-state index in [4.69, 9.17) is 32.7 Å². The molecule has 1 atom stereocenters. The molecule has 1 unspecified atom stereocenters. The SMILES string of the molecule is COc1ccc(Cl)c(OC)c1NC(=O)C(N=Nc1cc(C)cc(Cl)c1)C(C)=O. The average molecular weight is 424 g/mol. The maximum Gasteiger partial charge on any atom is 0.259 e. The van der Waals surface area contributed by atoms with E-state index in [1.807, 2.05) is 6.92 Å². The van der Waals surface area contributed by atoms with Crippen molar-refractivity contribution >= 4 is 46.3 Å². The Labute approximate surface area is 172 Å². The molecule has 0 aromatic heterocycles. The number of hydrogen-bond acceptors (Lipinski definition) is 6. The number of carbonyl (C=O) groups is 2. The van der Waals surface area contributed by atoms with E-state index in [1.165, 1.54) is 21.1 Å². The lowest BCUT2D eigenvalue weighted by atomic mass is 10.2. The number of aryl methyl sites for hydroxylation is 1. The fourth-order valence-corrected chi connectivity index (χ4v) is 2.95. The van der Waals surface area contributed by atoms with Crippen molar-refractivity contribution < 1.29 is 19.1 Å². The smallest absolute Gasteiger partial charge is 0.259 e. The lowest BCUT2D eigenvalue weighted by molar-refractivity contribution is -0.126. The van der Waals surface area contributed by atoms with Gasteiger partial charge in [0.15, 0.2) is 11.5 Å². The molecule has 0 bridgehead atoms. The summed E-state index contributed by atoms with van der Waals surface area (Å²) in [4.78, 5) is 24.7. The molecule has 7 nitrogen and oxygen atoms in total. The van der Waals surface area contributed by atoms with Crippen molar-refractivity contribution in [3.8, 4) is 11.5 Å². The van der Waals surface area contributed by atoms with Gasteiger partial charge in [0.2, 0.25) is 6.04 Å². The second kappa shape index (κ2) is 9.52. The number of halogens is 2. The molecule has 0 radical (unpaired) electrons. The molecule has 0 spiro atoms. The van der Waals surface area contributed by atoms with Crippen molar-refractivity contribution in [3.05, 3.63) is 45.9 Å². The predicted molar refractivity (Wildman–Crippen MR) is 108 cm³/mol. The maximum absolute atomic E-state index is 12.7. The van der Waals surface area contributed by atoms with Crippen molar-refractivity contribution in [2.75, 3.05) is 19.5 Å². The number of ketones is 1. The summed E-state index contributed by atoms with van der Waals surface area (Å²) in [7, 11) is 2.84. The van der Waals surface area contributed by atoms with Crippen LogP contribution < -0.4 is 14.8 Å². The summed E-state index contributed by atoms with van der Waals surface area (Å²) in [5.74, 6) is -0.660. The van der Waals surface area contributed by atoms with Crippen molar-refractivity contribution in [3.63, 3.8) is 0 Å². The molecular weight excluding hydrogens is 405 g/mol. The van der Waals surface area contributed by atoms with Crippen LogP contribution in [-0.4, -0.2) is 32.0 Å². The quantitative estimate of drug-likeness (QED) is 0.501. The maximum atomic E-state index is 12.7. The highest BCUT2D eigenvalue weighted by molar-refractivity contribution is 6.33. The number of nitrogens with one attached hydrogen (secondary N) is 1. The molecule has 0 fully saturated rings. The Morgan fingerprint density at radius 3 is 2.39 bits per heavy atom. The molecule has 0 saturated heterocycles. The van der Waals surface area contributed by atoms with Crippen LogP contribution in [0.4, 0.5) is 11.4 Å². The summed E-state index contributed by atoms with van der Waals surface area (Å²) in [6, 6.07) is 6.84. The number of Topliss-reactive ketones (excluding diaryl/α,β-unsaturated/α-hetero) is 1. The van der Waals surface area contributed by atoms with Crippen molar-refractivity contribution in [1.29, 1.82) is 0 Å². The van der Waals surface area contributed by atoms with Gasteiger partial charge < -0.3 is 14.8 Å². The van der Waals surface area contributed by atoms with Gasteiger partial charge in [0.25, 0.3) is 5.91 Å². The van der Waals surface area contributed by atoms with Gasteiger partial charge in [-0.1, -0.05) is 23.2 Å². The summed E-state index contributed by atoms with van der Waals surface area (Å²) < 4.78 is 10.5. The number of ether oxygens (including phenoxy) is 2. The summed E-state index contributed by atoms with van der Waals surface area (Å²) in [6.07, 6.45) is 0. The standard InChI is InChI=1S/C19H19Cl2N3O4/c1-10-7-12(20)9-13(8-10)23-24-16(11(2)25)19(26)22-17-15(27-3)6-5-14(21)18(17)28-4/h5-9,16H,1-4H3,(H,22,26). The largest absolute Gasteiger partial charge is 0.494 e. The predicted octanol–water partition coefficient (Wildman–Crippen LogP) is 5.00. The highest BCUT2D eigenvalue weighted by atomic mass is 35.5. The number of amides is 1. The Morgan fingerprint density at radius 2 is 1.82 bits per heavy atom. The van der Waals surface area contributed by atoms with Gasteiger partial charge >= 0.3 is 0 Å². The number of carbonyl (C=O) groups excluding carboxylic acids is 2. The highest BCUT2D eigenvalue weighted by Gasteiger charge is 2.26. The van der Waals surface area contributed by atoms with E-state index in [1.54, 1.807) is 30.3 Å². The molecule has 1 N–H and O–H groups in total. The number of azo groups is 1. The van der Waals surface area contributed by atoms with Crippen LogP contribution in [0.15, 0.2) is 40.6 Å². The molecule has 28 heavy (non-hydrogen) atoms. The van der Waals surface area contributed by atoms with Crippen LogP contribution >= 0.6 is 23.2 Å². The van der Waals surface area contributed by atoms with E-state index < -0.39 is 17.7 Å². The lowest BCUT2D eigenvalue weighted by Crippen LogP contribution is -2.32. The van der Waals surface area contributed by atoms with Crippen LogP contribution in [0.1, 0.15) is 12.5 Å². The molecule has 148 valence electrons. The summed E-state index contributed by atoms with van der Waals surface area (Å²) in [5.41, 5.74) is 1.50. The third-order valence-corrected chi connectivity index (χ3v) is 4.21. The average Bonchev–Trinajstić information content (AvgIpc) is 2.61. The molecule has 2 aromatic rings. The van der Waals surface area contributed by atoms with Crippen molar-refractivity contribution in [2.24, 2.45) is 10.2 Å². The Hall–Kier alpha value is -2.64. The van der Waals surface area contributed by atoms with E-state index in [-0.39, 0.29) is 16.5 Å². The van der Waals surface area contributed by atoms with Gasteiger partial charge in [-0.05, 0) is 49.7 Å². The number of methoxy groups -OCH3 is 2. The number of rotatable bonds is 7.